The summed E-state index contributed by atoms with van der Waals surface area (Å²) < 4.78 is 0. The molecule has 4 rings (SSSR count). The van der Waals surface area contributed by atoms with Gasteiger partial charge in [0.15, 0.2) is 0 Å². The van der Waals surface area contributed by atoms with E-state index in [0.29, 0.717) is 25.1 Å². The van der Waals surface area contributed by atoms with Crippen LogP contribution in [0.1, 0.15) is 35.7 Å². The third-order valence-electron chi connectivity index (χ3n) is 5.36. The molecule has 1 aliphatic rings. The van der Waals surface area contributed by atoms with Crippen LogP contribution in [0.2, 0.25) is 0 Å². The van der Waals surface area contributed by atoms with Crippen molar-refractivity contribution in [2.24, 2.45) is 0 Å². The number of carbonyl (C=O) groups excluding carboxylic acids is 2. The van der Waals surface area contributed by atoms with E-state index in [1.54, 1.807) is 0 Å². The van der Waals surface area contributed by atoms with Crippen LogP contribution in [0.5, 0.6) is 0 Å². The van der Waals surface area contributed by atoms with E-state index in [-0.39, 0.29) is 11.8 Å². The van der Waals surface area contributed by atoms with Crippen LogP contribution in [0.15, 0.2) is 66.7 Å². The number of likely N-dealkylation sites (tertiary alicyclic amines) is 1. The number of nitrogens with zero attached hydrogens (tertiary/aromatic N) is 2. The Kier molecular flexibility index (Phi) is 5.11. The van der Waals surface area contributed by atoms with E-state index in [4.69, 9.17) is 0 Å². The van der Waals surface area contributed by atoms with Gasteiger partial charge < -0.3 is 9.80 Å². The number of hydrogen-bond acceptors (Lipinski definition) is 2. The minimum Gasteiger partial charge on any atom is -0.338 e. The third kappa shape index (κ3) is 3.50. The topological polar surface area (TPSA) is 40.6 Å². The van der Waals surface area contributed by atoms with Crippen LogP contribution in [-0.4, -0.2) is 29.8 Å². The van der Waals surface area contributed by atoms with Gasteiger partial charge in [0, 0.05) is 37.0 Å². The standard InChI is InChI=1S/C24H24N2O2/c1-2-26(22-10-5-8-19-7-3-4-9-21(19)22)24(28)20-14-12-18(13-15-20)17-25-16-6-11-23(25)27/h3-5,7-10,12-15H,2,6,11,16-17H2,1H3. The molecule has 4 heteroatoms. The first kappa shape index (κ1) is 18.2. The van der Waals surface area contributed by atoms with Gasteiger partial charge in [-0.3, -0.25) is 9.59 Å². The van der Waals surface area contributed by atoms with Crippen LogP contribution >= 0.6 is 0 Å². The minimum absolute atomic E-state index is 0.0114. The lowest BCUT2D eigenvalue weighted by Gasteiger charge is -2.23. The zero-order valence-electron chi connectivity index (χ0n) is 16.1. The smallest absolute Gasteiger partial charge is 0.258 e. The van der Waals surface area contributed by atoms with Crippen molar-refractivity contribution in [3.63, 3.8) is 0 Å². The molecule has 0 aliphatic carbocycles. The van der Waals surface area contributed by atoms with Gasteiger partial charge in [-0.1, -0.05) is 48.5 Å². The molecule has 0 bridgehead atoms. The summed E-state index contributed by atoms with van der Waals surface area (Å²) in [4.78, 5) is 28.7. The molecule has 142 valence electrons. The lowest BCUT2D eigenvalue weighted by molar-refractivity contribution is -0.128. The molecule has 4 nitrogen and oxygen atoms in total. The largest absolute Gasteiger partial charge is 0.338 e. The molecule has 3 aromatic rings. The molecule has 3 aromatic carbocycles. The summed E-state index contributed by atoms with van der Waals surface area (Å²) in [6.07, 6.45) is 1.58. The molecule has 0 unspecified atom stereocenters. The van der Waals surface area contributed by atoms with Crippen LogP contribution in [0, 0.1) is 0 Å². The Hall–Kier alpha value is -3.14. The molecule has 0 N–H and O–H groups in total. The Morgan fingerprint density at radius 2 is 1.75 bits per heavy atom. The minimum atomic E-state index is -0.0114. The van der Waals surface area contributed by atoms with Gasteiger partial charge in [0.2, 0.25) is 5.91 Å². The highest BCUT2D eigenvalue weighted by Gasteiger charge is 2.21. The summed E-state index contributed by atoms with van der Waals surface area (Å²) in [5.74, 6) is 0.205. The normalized spacial score (nSPS) is 13.9. The Labute approximate surface area is 165 Å². The fraction of sp³-hybridized carbons (Fsp3) is 0.250. The van der Waals surface area contributed by atoms with Crippen molar-refractivity contribution in [3.05, 3.63) is 77.9 Å². The molecule has 0 spiro atoms. The van der Waals surface area contributed by atoms with Crippen LogP contribution in [0.4, 0.5) is 5.69 Å². The van der Waals surface area contributed by atoms with Gasteiger partial charge >= 0.3 is 0 Å². The van der Waals surface area contributed by atoms with Crippen molar-refractivity contribution >= 4 is 28.3 Å². The Morgan fingerprint density at radius 3 is 2.46 bits per heavy atom. The maximum Gasteiger partial charge on any atom is 0.258 e. The second kappa shape index (κ2) is 7.85. The van der Waals surface area contributed by atoms with Crippen LogP contribution in [0.25, 0.3) is 10.8 Å². The summed E-state index contributed by atoms with van der Waals surface area (Å²) in [5, 5.41) is 2.20. The number of hydrogen-bond donors (Lipinski definition) is 0. The van der Waals surface area contributed by atoms with Crippen molar-refractivity contribution < 1.29 is 9.59 Å². The highest BCUT2D eigenvalue weighted by atomic mass is 16.2. The number of amides is 2. The number of fused-ring (bicyclic) bond motifs is 1. The van der Waals surface area contributed by atoms with Gasteiger partial charge in [0.25, 0.3) is 5.91 Å². The quantitative estimate of drug-likeness (QED) is 0.655. The third-order valence-corrected chi connectivity index (χ3v) is 5.36. The molecule has 1 aliphatic heterocycles. The van der Waals surface area contributed by atoms with Gasteiger partial charge in [0.1, 0.15) is 0 Å². The van der Waals surface area contributed by atoms with Crippen LogP contribution in [0.3, 0.4) is 0 Å². The first-order valence-corrected chi connectivity index (χ1v) is 9.83. The number of rotatable bonds is 5. The van der Waals surface area contributed by atoms with Gasteiger partial charge in [-0.15, -0.1) is 0 Å². The second-order valence-corrected chi connectivity index (χ2v) is 7.16. The number of anilines is 1. The molecular formula is C24H24N2O2. The first-order valence-electron chi connectivity index (χ1n) is 9.83. The average molecular weight is 372 g/mol. The molecule has 28 heavy (non-hydrogen) atoms. The van der Waals surface area contributed by atoms with Gasteiger partial charge in [-0.05, 0) is 42.5 Å². The van der Waals surface area contributed by atoms with Crippen molar-refractivity contribution in [2.75, 3.05) is 18.0 Å². The predicted octanol–water partition coefficient (Wildman–Crippen LogP) is 4.63. The number of carbonyl (C=O) groups is 2. The second-order valence-electron chi connectivity index (χ2n) is 7.16. The summed E-state index contributed by atoms with van der Waals surface area (Å²) in [6.45, 7) is 4.03. The highest BCUT2D eigenvalue weighted by molar-refractivity contribution is 6.10. The first-order chi connectivity index (χ1) is 13.7. The van der Waals surface area contributed by atoms with Crippen molar-refractivity contribution in [1.29, 1.82) is 0 Å². The average Bonchev–Trinajstić information content (AvgIpc) is 3.13. The summed E-state index contributed by atoms with van der Waals surface area (Å²) in [6, 6.07) is 21.8. The summed E-state index contributed by atoms with van der Waals surface area (Å²) in [5.41, 5.74) is 2.64. The Morgan fingerprint density at radius 1 is 1.00 bits per heavy atom. The molecular weight excluding hydrogens is 348 g/mol. The van der Waals surface area contributed by atoms with Gasteiger partial charge in [-0.2, -0.15) is 0 Å². The predicted molar refractivity (Wildman–Crippen MR) is 112 cm³/mol. The fourth-order valence-electron chi connectivity index (χ4n) is 3.87. The molecule has 2 amide bonds. The Balaban J connectivity index is 1.57. The molecule has 1 fully saturated rings. The zero-order chi connectivity index (χ0) is 19.5. The molecule has 1 saturated heterocycles. The lowest BCUT2D eigenvalue weighted by Crippen LogP contribution is -2.30. The van der Waals surface area contributed by atoms with Crippen molar-refractivity contribution in [3.8, 4) is 0 Å². The molecule has 0 radical (unpaired) electrons. The van der Waals surface area contributed by atoms with Crippen LogP contribution < -0.4 is 4.90 Å². The Bertz CT molecular complexity index is 1010. The van der Waals surface area contributed by atoms with E-state index in [1.807, 2.05) is 65.3 Å². The summed E-state index contributed by atoms with van der Waals surface area (Å²) >= 11 is 0. The van der Waals surface area contributed by atoms with Crippen LogP contribution in [-0.2, 0) is 11.3 Å². The monoisotopic (exact) mass is 372 g/mol. The summed E-state index contributed by atoms with van der Waals surface area (Å²) in [7, 11) is 0. The maximum absolute atomic E-state index is 13.2. The van der Waals surface area contributed by atoms with E-state index >= 15 is 0 Å². The molecule has 0 saturated carbocycles. The zero-order valence-corrected chi connectivity index (χ0v) is 16.1. The van der Waals surface area contributed by atoms with Gasteiger partial charge in [0.05, 0.1) is 5.69 Å². The van der Waals surface area contributed by atoms with E-state index in [1.165, 1.54) is 0 Å². The molecule has 0 atom stereocenters. The molecule has 0 aromatic heterocycles. The highest BCUT2D eigenvalue weighted by Crippen LogP contribution is 2.28. The van der Waals surface area contributed by atoms with E-state index in [9.17, 15) is 9.59 Å². The number of benzene rings is 3. The lowest BCUT2D eigenvalue weighted by atomic mass is 10.1. The fourth-order valence-corrected chi connectivity index (χ4v) is 3.87. The SMILES string of the molecule is CCN(C(=O)c1ccc(CN2CCCC2=O)cc1)c1cccc2ccccc12. The van der Waals surface area contributed by atoms with E-state index in [0.717, 1.165) is 35.0 Å². The van der Waals surface area contributed by atoms with Crippen molar-refractivity contribution in [1.82, 2.24) is 4.90 Å². The molecule has 1 heterocycles. The van der Waals surface area contributed by atoms with E-state index in [2.05, 4.69) is 18.2 Å². The van der Waals surface area contributed by atoms with Gasteiger partial charge in [-0.25, -0.2) is 0 Å². The van der Waals surface area contributed by atoms with E-state index < -0.39 is 0 Å². The van der Waals surface area contributed by atoms with Crippen molar-refractivity contribution in [2.45, 2.75) is 26.3 Å². The maximum atomic E-state index is 13.2.